The van der Waals surface area contributed by atoms with E-state index in [0.717, 1.165) is 12.8 Å². The van der Waals surface area contributed by atoms with Gasteiger partial charge in [-0.15, -0.1) is 0 Å². The van der Waals surface area contributed by atoms with Gasteiger partial charge in [-0.05, 0) is 33.6 Å². The Balaban J connectivity index is 1.76. The number of fused-ring (bicyclic) bond motifs is 1. The van der Waals surface area contributed by atoms with E-state index < -0.39 is 29.5 Å². The van der Waals surface area contributed by atoms with Crippen LogP contribution in [0.2, 0.25) is 0 Å². The molecule has 1 amide bonds. The molecule has 3 rings (SSSR count). The molecular formula is C17H23NO4. The number of likely N-dealkylation sites (tertiary alicyclic amines) is 1. The van der Waals surface area contributed by atoms with Crippen LogP contribution in [0.15, 0.2) is 23.8 Å². The van der Waals surface area contributed by atoms with Gasteiger partial charge < -0.3 is 14.7 Å². The van der Waals surface area contributed by atoms with Crippen LogP contribution in [0.3, 0.4) is 0 Å². The highest BCUT2D eigenvalue weighted by Crippen LogP contribution is 2.52. The molecule has 120 valence electrons. The van der Waals surface area contributed by atoms with Crippen molar-refractivity contribution in [3.8, 4) is 0 Å². The second-order valence-electron chi connectivity index (χ2n) is 6.91. The smallest absolute Gasteiger partial charge is 0.310 e. The summed E-state index contributed by atoms with van der Waals surface area (Å²) in [6.07, 6.45) is 7.23. The molecule has 5 atom stereocenters. The minimum absolute atomic E-state index is 0.0658. The monoisotopic (exact) mass is 305 g/mol. The van der Waals surface area contributed by atoms with Crippen molar-refractivity contribution in [1.82, 2.24) is 4.90 Å². The number of aliphatic carboxylic acids is 1. The van der Waals surface area contributed by atoms with Crippen LogP contribution >= 0.6 is 0 Å². The summed E-state index contributed by atoms with van der Waals surface area (Å²) in [6.45, 7) is 6.62. The lowest BCUT2D eigenvalue weighted by molar-refractivity contribution is -0.148. The number of carboxylic acids is 1. The first-order valence-electron chi connectivity index (χ1n) is 7.89. The largest absolute Gasteiger partial charge is 0.481 e. The summed E-state index contributed by atoms with van der Waals surface area (Å²) in [5.41, 5.74) is 0.557. The fourth-order valence-electron chi connectivity index (χ4n) is 3.95. The van der Waals surface area contributed by atoms with Gasteiger partial charge in [0.1, 0.15) is 11.5 Å². The first-order chi connectivity index (χ1) is 10.4. The van der Waals surface area contributed by atoms with Crippen molar-refractivity contribution in [3.05, 3.63) is 23.8 Å². The summed E-state index contributed by atoms with van der Waals surface area (Å²) in [5, 5.41) is 9.43. The van der Waals surface area contributed by atoms with Crippen molar-refractivity contribution in [2.45, 2.75) is 51.4 Å². The van der Waals surface area contributed by atoms with Crippen molar-refractivity contribution in [1.29, 1.82) is 0 Å². The third-order valence-electron chi connectivity index (χ3n) is 5.08. The zero-order valence-corrected chi connectivity index (χ0v) is 13.3. The van der Waals surface area contributed by atoms with Crippen molar-refractivity contribution >= 4 is 11.9 Å². The molecule has 2 fully saturated rings. The van der Waals surface area contributed by atoms with Gasteiger partial charge in [0.15, 0.2) is 0 Å². The Labute approximate surface area is 130 Å². The lowest BCUT2D eigenvalue weighted by Gasteiger charge is -2.27. The van der Waals surface area contributed by atoms with Crippen LogP contribution in [0.5, 0.6) is 0 Å². The van der Waals surface area contributed by atoms with Gasteiger partial charge in [0.2, 0.25) is 5.91 Å². The van der Waals surface area contributed by atoms with Crippen molar-refractivity contribution < 1.29 is 19.4 Å². The molecule has 0 aromatic rings. The van der Waals surface area contributed by atoms with E-state index in [-0.39, 0.29) is 11.9 Å². The van der Waals surface area contributed by atoms with Gasteiger partial charge in [-0.3, -0.25) is 9.59 Å². The molecule has 22 heavy (non-hydrogen) atoms. The lowest BCUT2D eigenvalue weighted by Crippen LogP contribution is -2.40. The third kappa shape index (κ3) is 2.19. The number of carboxylic acid groups (broad SMARTS) is 1. The van der Waals surface area contributed by atoms with Crippen molar-refractivity contribution in [3.63, 3.8) is 0 Å². The molecule has 1 N–H and O–H groups in total. The molecule has 0 radical (unpaired) electrons. The minimum atomic E-state index is -0.936. The number of nitrogens with zero attached hydrogens (tertiary/aromatic N) is 1. The van der Waals surface area contributed by atoms with Gasteiger partial charge in [-0.25, -0.2) is 0 Å². The van der Waals surface area contributed by atoms with Crippen LogP contribution in [0, 0.1) is 11.8 Å². The number of carbonyl (C=O) groups excluding carboxylic acids is 1. The van der Waals surface area contributed by atoms with E-state index in [1.54, 1.807) is 6.08 Å². The second kappa shape index (κ2) is 5.23. The summed E-state index contributed by atoms with van der Waals surface area (Å²) in [6, 6.07) is 0.0913. The number of allylic oxidation sites excluding steroid dienone is 2. The Morgan fingerprint density at radius 2 is 2.32 bits per heavy atom. The summed E-state index contributed by atoms with van der Waals surface area (Å²) >= 11 is 0. The maximum absolute atomic E-state index is 12.8. The third-order valence-corrected chi connectivity index (χ3v) is 5.08. The van der Waals surface area contributed by atoms with Gasteiger partial charge in [-0.1, -0.05) is 23.8 Å². The van der Waals surface area contributed by atoms with Gasteiger partial charge in [-0.2, -0.15) is 0 Å². The van der Waals surface area contributed by atoms with E-state index in [2.05, 4.69) is 19.9 Å². The fraction of sp³-hybridized carbons (Fsp3) is 0.647. The SMILES string of the molecule is CC(C)=CCC[C@H](C)N1C[C@@]23C=C[C@@H](O2)[C@@H](C(=O)O)[C@H]3C1=O. The van der Waals surface area contributed by atoms with Crippen molar-refractivity contribution in [2.75, 3.05) is 6.54 Å². The maximum Gasteiger partial charge on any atom is 0.310 e. The summed E-state index contributed by atoms with van der Waals surface area (Å²) in [7, 11) is 0. The highest BCUT2D eigenvalue weighted by molar-refractivity contribution is 5.90. The predicted molar refractivity (Wildman–Crippen MR) is 81.2 cm³/mol. The Morgan fingerprint density at radius 3 is 2.95 bits per heavy atom. The first kappa shape index (κ1) is 15.3. The van der Waals surface area contributed by atoms with Gasteiger partial charge in [0.25, 0.3) is 0 Å². The van der Waals surface area contributed by atoms with E-state index in [1.165, 1.54) is 5.57 Å². The average Bonchev–Trinajstić information content (AvgIpc) is 3.06. The van der Waals surface area contributed by atoms with Crippen LogP contribution in [0.4, 0.5) is 0 Å². The van der Waals surface area contributed by atoms with Crippen LogP contribution in [0.25, 0.3) is 0 Å². The standard InChI is InChI=1S/C17H23NO4/c1-10(2)5-4-6-11(3)18-9-17-8-7-12(22-17)13(16(20)21)14(17)15(18)19/h5,7-8,11-14H,4,6,9H2,1-3H3,(H,20,21)/t11-,12+,13+,14-,17+/m0/s1. The predicted octanol–water partition coefficient (Wildman–Crippen LogP) is 1.99. The van der Waals surface area contributed by atoms with Crippen molar-refractivity contribution in [2.24, 2.45) is 11.8 Å². The van der Waals surface area contributed by atoms with E-state index in [4.69, 9.17) is 4.74 Å². The molecule has 1 spiro atoms. The number of amides is 1. The molecule has 0 aromatic carbocycles. The van der Waals surface area contributed by atoms with E-state index in [1.807, 2.05) is 17.9 Å². The highest BCUT2D eigenvalue weighted by Gasteiger charge is 2.67. The molecule has 3 aliphatic heterocycles. The van der Waals surface area contributed by atoms with E-state index in [0.29, 0.717) is 6.54 Å². The Kier molecular flexibility index (Phi) is 3.63. The second-order valence-corrected chi connectivity index (χ2v) is 6.91. The summed E-state index contributed by atoms with van der Waals surface area (Å²) in [5.74, 6) is -2.31. The topological polar surface area (TPSA) is 66.8 Å². The van der Waals surface area contributed by atoms with Crippen LogP contribution < -0.4 is 0 Å². The maximum atomic E-state index is 12.8. The number of hydrogen-bond donors (Lipinski definition) is 1. The fourth-order valence-corrected chi connectivity index (χ4v) is 3.95. The molecule has 5 heteroatoms. The van der Waals surface area contributed by atoms with Gasteiger partial charge in [0.05, 0.1) is 18.6 Å². The molecule has 3 heterocycles. The average molecular weight is 305 g/mol. The van der Waals surface area contributed by atoms with E-state index >= 15 is 0 Å². The quantitative estimate of drug-likeness (QED) is 0.789. The molecule has 5 nitrogen and oxygen atoms in total. The minimum Gasteiger partial charge on any atom is -0.481 e. The first-order valence-corrected chi connectivity index (χ1v) is 7.89. The lowest BCUT2D eigenvalue weighted by atomic mass is 9.77. The van der Waals surface area contributed by atoms with Crippen LogP contribution in [-0.4, -0.2) is 46.2 Å². The molecule has 3 aliphatic rings. The number of rotatable bonds is 5. The number of carbonyl (C=O) groups is 2. The molecule has 0 unspecified atom stereocenters. The molecule has 2 saturated heterocycles. The van der Waals surface area contributed by atoms with Crippen LogP contribution in [-0.2, 0) is 14.3 Å². The zero-order valence-electron chi connectivity index (χ0n) is 13.3. The highest BCUT2D eigenvalue weighted by atomic mass is 16.5. The summed E-state index contributed by atoms with van der Waals surface area (Å²) < 4.78 is 5.88. The molecule has 2 bridgehead atoms. The summed E-state index contributed by atoms with van der Waals surface area (Å²) in [4.78, 5) is 26.1. The molecule has 0 aromatic heterocycles. The zero-order chi connectivity index (χ0) is 16.1. The normalized spacial score (nSPS) is 36.6. The van der Waals surface area contributed by atoms with Gasteiger partial charge in [0, 0.05) is 6.04 Å². The van der Waals surface area contributed by atoms with E-state index in [9.17, 15) is 14.7 Å². The van der Waals surface area contributed by atoms with Crippen LogP contribution in [0.1, 0.15) is 33.6 Å². The Morgan fingerprint density at radius 1 is 1.59 bits per heavy atom. The number of ether oxygens (including phenoxy) is 1. The Bertz CT molecular complexity index is 563. The Hall–Kier alpha value is -1.62. The van der Waals surface area contributed by atoms with Gasteiger partial charge >= 0.3 is 5.97 Å². The molecular weight excluding hydrogens is 282 g/mol. The number of hydrogen-bond acceptors (Lipinski definition) is 3. The molecule has 0 aliphatic carbocycles. The molecule has 0 saturated carbocycles.